The third kappa shape index (κ3) is 3.93. The van der Waals surface area contributed by atoms with Crippen LogP contribution in [0, 0.1) is 6.92 Å². The zero-order valence-electron chi connectivity index (χ0n) is 18.4. The lowest BCUT2D eigenvalue weighted by molar-refractivity contribution is -0.119. The highest BCUT2D eigenvalue weighted by molar-refractivity contribution is 5.95. The van der Waals surface area contributed by atoms with Gasteiger partial charge in [-0.15, -0.1) is 0 Å². The average molecular weight is 429 g/mol. The molecule has 0 radical (unpaired) electrons. The van der Waals surface area contributed by atoms with Crippen molar-refractivity contribution in [1.82, 2.24) is 15.1 Å². The lowest BCUT2D eigenvalue weighted by atomic mass is 10.1. The van der Waals surface area contributed by atoms with E-state index in [0.29, 0.717) is 18.7 Å². The first-order valence-corrected chi connectivity index (χ1v) is 11.5. The number of carbonyl (C=O) groups is 2. The molecular weight excluding hydrogens is 400 g/mol. The third-order valence-electron chi connectivity index (χ3n) is 6.42. The van der Waals surface area contributed by atoms with E-state index >= 15 is 0 Å². The number of rotatable bonds is 5. The molecule has 1 aliphatic heterocycles. The van der Waals surface area contributed by atoms with E-state index in [0.717, 1.165) is 66.8 Å². The van der Waals surface area contributed by atoms with Gasteiger partial charge in [-0.2, -0.15) is 5.10 Å². The van der Waals surface area contributed by atoms with Crippen LogP contribution in [0.5, 0.6) is 0 Å². The molecule has 5 rings (SSSR count). The molecule has 2 amide bonds. The zero-order valence-corrected chi connectivity index (χ0v) is 18.4. The summed E-state index contributed by atoms with van der Waals surface area (Å²) in [5.41, 5.74) is 6.81. The van der Waals surface area contributed by atoms with Crippen molar-refractivity contribution in [2.24, 2.45) is 0 Å². The van der Waals surface area contributed by atoms with E-state index in [2.05, 4.69) is 36.5 Å². The van der Waals surface area contributed by atoms with Gasteiger partial charge in [-0.1, -0.05) is 29.8 Å². The maximum absolute atomic E-state index is 13.1. The van der Waals surface area contributed by atoms with Crippen LogP contribution in [-0.2, 0) is 24.2 Å². The van der Waals surface area contributed by atoms with Crippen molar-refractivity contribution in [3.63, 3.8) is 0 Å². The Hall–Kier alpha value is -3.41. The van der Waals surface area contributed by atoms with E-state index in [1.807, 2.05) is 33.8 Å². The van der Waals surface area contributed by atoms with Gasteiger partial charge in [0.25, 0.3) is 5.91 Å². The van der Waals surface area contributed by atoms with Crippen LogP contribution in [-0.4, -0.2) is 28.1 Å². The molecule has 1 aliphatic carbocycles. The number of benzene rings is 2. The van der Waals surface area contributed by atoms with Crippen molar-refractivity contribution in [2.75, 3.05) is 11.4 Å². The molecule has 1 aromatic heterocycles. The number of amides is 2. The molecule has 1 N–H and O–H groups in total. The van der Waals surface area contributed by atoms with Crippen molar-refractivity contribution in [3.8, 4) is 5.69 Å². The first kappa shape index (κ1) is 20.5. The van der Waals surface area contributed by atoms with Gasteiger partial charge in [0.2, 0.25) is 5.91 Å². The number of piperidine rings is 1. The number of aromatic nitrogens is 2. The summed E-state index contributed by atoms with van der Waals surface area (Å²) in [5, 5.41) is 7.74. The Balaban J connectivity index is 1.33. The molecule has 164 valence electrons. The van der Waals surface area contributed by atoms with Crippen LogP contribution in [0.1, 0.15) is 58.6 Å². The second kappa shape index (κ2) is 8.61. The number of nitrogens with zero attached hydrogens (tertiary/aromatic N) is 3. The van der Waals surface area contributed by atoms with E-state index in [4.69, 9.17) is 5.10 Å². The molecule has 6 heteroatoms. The number of hydrogen-bond donors (Lipinski definition) is 1. The minimum absolute atomic E-state index is 0.145. The van der Waals surface area contributed by atoms with Crippen LogP contribution in [0.3, 0.4) is 0 Å². The maximum Gasteiger partial charge on any atom is 0.272 e. The first-order chi connectivity index (χ1) is 15.6. The molecule has 6 nitrogen and oxygen atoms in total. The quantitative estimate of drug-likeness (QED) is 0.665. The van der Waals surface area contributed by atoms with E-state index in [-0.39, 0.29) is 11.8 Å². The minimum atomic E-state index is -0.145. The molecule has 3 aromatic rings. The van der Waals surface area contributed by atoms with Crippen LogP contribution in [0.2, 0.25) is 0 Å². The lowest BCUT2D eigenvalue weighted by Gasteiger charge is -2.27. The normalized spacial score (nSPS) is 15.7. The zero-order chi connectivity index (χ0) is 22.1. The summed E-state index contributed by atoms with van der Waals surface area (Å²) in [7, 11) is 0. The molecule has 2 aliphatic rings. The molecule has 2 heterocycles. The topological polar surface area (TPSA) is 67.2 Å². The maximum atomic E-state index is 13.1. The fraction of sp³-hybridized carbons (Fsp3) is 0.346. The highest BCUT2D eigenvalue weighted by Gasteiger charge is 2.27. The van der Waals surface area contributed by atoms with Crippen molar-refractivity contribution >= 4 is 17.5 Å². The van der Waals surface area contributed by atoms with Crippen molar-refractivity contribution in [2.45, 2.75) is 52.0 Å². The number of nitrogens with one attached hydrogen (secondary N) is 1. The fourth-order valence-corrected chi connectivity index (χ4v) is 4.70. The summed E-state index contributed by atoms with van der Waals surface area (Å²) < 4.78 is 1.93. The molecule has 0 unspecified atom stereocenters. The van der Waals surface area contributed by atoms with Crippen molar-refractivity contribution < 1.29 is 9.59 Å². The molecule has 0 saturated carbocycles. The molecule has 0 spiro atoms. The molecule has 32 heavy (non-hydrogen) atoms. The summed E-state index contributed by atoms with van der Waals surface area (Å²) in [6.45, 7) is 3.23. The standard InChI is InChI=1S/C26H28N4O2/c1-18-11-13-20(14-12-18)30-23-9-5-8-22(23)25(28-30)26(32)27-17-19-6-4-7-21(16-19)29-15-3-2-10-24(29)31/h4,6-7,11-14,16H,2-3,5,8-10,15,17H2,1H3,(H,27,32). The van der Waals surface area contributed by atoms with Crippen LogP contribution in [0.25, 0.3) is 5.69 Å². The Morgan fingerprint density at radius 3 is 2.66 bits per heavy atom. The second-order valence-corrected chi connectivity index (χ2v) is 8.73. The Kier molecular flexibility index (Phi) is 5.52. The van der Waals surface area contributed by atoms with Crippen LogP contribution in [0.4, 0.5) is 5.69 Å². The van der Waals surface area contributed by atoms with Gasteiger partial charge in [-0.05, 0) is 68.9 Å². The number of hydrogen-bond acceptors (Lipinski definition) is 3. The van der Waals surface area contributed by atoms with Gasteiger partial charge in [-0.3, -0.25) is 9.59 Å². The van der Waals surface area contributed by atoms with Crippen LogP contribution >= 0.6 is 0 Å². The minimum Gasteiger partial charge on any atom is -0.347 e. The van der Waals surface area contributed by atoms with Crippen molar-refractivity contribution in [1.29, 1.82) is 0 Å². The van der Waals surface area contributed by atoms with Gasteiger partial charge in [0.1, 0.15) is 0 Å². The molecule has 0 atom stereocenters. The second-order valence-electron chi connectivity index (χ2n) is 8.73. The SMILES string of the molecule is Cc1ccc(-n2nc(C(=O)NCc3cccc(N4CCCCC4=O)c3)c3c2CCC3)cc1. The number of anilines is 1. The van der Waals surface area contributed by atoms with E-state index in [1.54, 1.807) is 0 Å². The van der Waals surface area contributed by atoms with Gasteiger partial charge in [-0.25, -0.2) is 4.68 Å². The Labute approximate surface area is 188 Å². The van der Waals surface area contributed by atoms with Gasteiger partial charge < -0.3 is 10.2 Å². The van der Waals surface area contributed by atoms with Gasteiger partial charge in [0.05, 0.1) is 5.69 Å². The summed E-state index contributed by atoms with van der Waals surface area (Å²) in [6.07, 6.45) is 5.47. The smallest absolute Gasteiger partial charge is 0.272 e. The Morgan fingerprint density at radius 1 is 1.00 bits per heavy atom. The summed E-state index contributed by atoms with van der Waals surface area (Å²) in [4.78, 5) is 27.2. The largest absolute Gasteiger partial charge is 0.347 e. The van der Waals surface area contributed by atoms with Crippen molar-refractivity contribution in [3.05, 3.63) is 76.6 Å². The lowest BCUT2D eigenvalue weighted by Crippen LogP contribution is -2.35. The van der Waals surface area contributed by atoms with Gasteiger partial charge in [0, 0.05) is 36.5 Å². The monoisotopic (exact) mass is 428 g/mol. The van der Waals surface area contributed by atoms with Gasteiger partial charge >= 0.3 is 0 Å². The molecule has 0 bridgehead atoms. The third-order valence-corrected chi connectivity index (χ3v) is 6.42. The van der Waals surface area contributed by atoms with Crippen LogP contribution < -0.4 is 10.2 Å². The van der Waals surface area contributed by atoms with Gasteiger partial charge in [0.15, 0.2) is 5.69 Å². The molecule has 1 fully saturated rings. The summed E-state index contributed by atoms with van der Waals surface area (Å²) >= 11 is 0. The average Bonchev–Trinajstić information content (AvgIpc) is 3.42. The predicted molar refractivity (Wildman–Crippen MR) is 124 cm³/mol. The molecule has 1 saturated heterocycles. The first-order valence-electron chi connectivity index (χ1n) is 11.5. The van der Waals surface area contributed by atoms with E-state index in [1.165, 1.54) is 5.56 Å². The number of fused-ring (bicyclic) bond motifs is 1. The Morgan fingerprint density at radius 2 is 1.84 bits per heavy atom. The number of carbonyl (C=O) groups excluding carboxylic acids is 2. The highest BCUT2D eigenvalue weighted by Crippen LogP contribution is 2.28. The highest BCUT2D eigenvalue weighted by atomic mass is 16.2. The summed E-state index contributed by atoms with van der Waals surface area (Å²) in [5.74, 6) is 0.0307. The molecule has 2 aromatic carbocycles. The predicted octanol–water partition coefficient (Wildman–Crippen LogP) is 4.12. The van der Waals surface area contributed by atoms with Crippen LogP contribution in [0.15, 0.2) is 48.5 Å². The number of aryl methyl sites for hydroxylation is 1. The molecular formula is C26H28N4O2. The Bertz CT molecular complexity index is 1160. The van der Waals surface area contributed by atoms with E-state index in [9.17, 15) is 9.59 Å². The summed E-state index contributed by atoms with van der Waals surface area (Å²) in [6, 6.07) is 16.1. The fourth-order valence-electron chi connectivity index (χ4n) is 4.70. The van der Waals surface area contributed by atoms with E-state index < -0.39 is 0 Å².